The zero-order valence-corrected chi connectivity index (χ0v) is 18.3. The normalized spacial score (nSPS) is 12.1. The summed E-state index contributed by atoms with van der Waals surface area (Å²) in [7, 11) is 4.67. The van der Waals surface area contributed by atoms with E-state index in [2.05, 4.69) is 26.1 Å². The molecule has 0 saturated carbocycles. The summed E-state index contributed by atoms with van der Waals surface area (Å²) in [6, 6.07) is 11.2. The number of hydrogen-bond donors (Lipinski definition) is 1. The summed E-state index contributed by atoms with van der Waals surface area (Å²) in [5.41, 5.74) is 2.12. The molecule has 0 fully saturated rings. The third-order valence-electron chi connectivity index (χ3n) is 4.65. The minimum atomic E-state index is -0.261. The fourth-order valence-corrected chi connectivity index (χ4v) is 2.92. The Morgan fingerprint density at radius 3 is 1.97 bits per heavy atom. The van der Waals surface area contributed by atoms with Gasteiger partial charge in [-0.2, -0.15) is 0 Å². The van der Waals surface area contributed by atoms with Gasteiger partial charge in [-0.05, 0) is 47.7 Å². The molecule has 0 aliphatic heterocycles. The van der Waals surface area contributed by atoms with Crippen LogP contribution in [0.25, 0.3) is 0 Å². The molecular formula is C23H31NO5. The fourth-order valence-electron chi connectivity index (χ4n) is 2.92. The number of amides is 1. The highest BCUT2D eigenvalue weighted by Gasteiger charge is 2.18. The summed E-state index contributed by atoms with van der Waals surface area (Å²) in [5.74, 6) is 2.04. The summed E-state index contributed by atoms with van der Waals surface area (Å²) in [6.45, 7) is 8.28. The van der Waals surface area contributed by atoms with Crippen molar-refractivity contribution in [2.75, 3.05) is 27.9 Å². The number of carbonyl (C=O) groups excluding carboxylic acids is 1. The predicted molar refractivity (Wildman–Crippen MR) is 113 cm³/mol. The number of nitrogens with one attached hydrogen (secondary N) is 1. The second kappa shape index (κ2) is 9.54. The van der Waals surface area contributed by atoms with E-state index in [1.54, 1.807) is 21.3 Å². The highest BCUT2D eigenvalue weighted by Crippen LogP contribution is 2.39. The van der Waals surface area contributed by atoms with Crippen LogP contribution in [-0.2, 0) is 10.2 Å². The van der Waals surface area contributed by atoms with Crippen LogP contribution in [0.15, 0.2) is 36.4 Å². The van der Waals surface area contributed by atoms with Crippen molar-refractivity contribution in [2.24, 2.45) is 0 Å². The van der Waals surface area contributed by atoms with Crippen LogP contribution >= 0.6 is 0 Å². The Labute approximate surface area is 173 Å². The Bertz CT molecular complexity index is 799. The van der Waals surface area contributed by atoms with Crippen LogP contribution in [0.2, 0.25) is 0 Å². The molecule has 6 heteroatoms. The van der Waals surface area contributed by atoms with Crippen LogP contribution in [0.1, 0.15) is 44.9 Å². The Morgan fingerprint density at radius 2 is 1.52 bits per heavy atom. The molecule has 0 aliphatic rings. The molecule has 2 rings (SSSR count). The maximum atomic E-state index is 12.3. The molecule has 1 amide bonds. The van der Waals surface area contributed by atoms with E-state index in [9.17, 15) is 4.79 Å². The van der Waals surface area contributed by atoms with Crippen molar-refractivity contribution in [1.82, 2.24) is 5.32 Å². The zero-order chi connectivity index (χ0) is 21.6. The number of benzene rings is 2. The molecule has 0 saturated heterocycles. The van der Waals surface area contributed by atoms with Gasteiger partial charge in [-0.25, -0.2) is 0 Å². The van der Waals surface area contributed by atoms with Crippen LogP contribution in [0.4, 0.5) is 0 Å². The quantitative estimate of drug-likeness (QED) is 0.716. The van der Waals surface area contributed by atoms with E-state index < -0.39 is 0 Å². The van der Waals surface area contributed by atoms with Crippen LogP contribution in [-0.4, -0.2) is 33.8 Å². The lowest BCUT2D eigenvalue weighted by Gasteiger charge is -2.20. The Kier molecular flexibility index (Phi) is 7.37. The molecule has 1 N–H and O–H groups in total. The van der Waals surface area contributed by atoms with Crippen molar-refractivity contribution in [3.05, 3.63) is 47.5 Å². The molecule has 29 heavy (non-hydrogen) atoms. The van der Waals surface area contributed by atoms with Crippen molar-refractivity contribution >= 4 is 5.91 Å². The summed E-state index contributed by atoms with van der Waals surface area (Å²) >= 11 is 0. The number of rotatable bonds is 8. The Morgan fingerprint density at radius 1 is 0.966 bits per heavy atom. The lowest BCUT2D eigenvalue weighted by Crippen LogP contribution is -2.31. The average Bonchev–Trinajstić information content (AvgIpc) is 2.70. The summed E-state index contributed by atoms with van der Waals surface area (Å²) < 4.78 is 21.7. The van der Waals surface area contributed by atoms with Gasteiger partial charge < -0.3 is 24.3 Å². The minimum absolute atomic E-state index is 0.0658. The van der Waals surface area contributed by atoms with E-state index in [0.717, 1.165) is 5.56 Å². The molecular weight excluding hydrogens is 370 g/mol. The van der Waals surface area contributed by atoms with Gasteiger partial charge in [-0.3, -0.25) is 4.79 Å². The lowest BCUT2D eigenvalue weighted by atomic mass is 9.87. The number of ether oxygens (including phenoxy) is 4. The Hall–Kier alpha value is -2.89. The first-order chi connectivity index (χ1) is 13.7. The van der Waals surface area contributed by atoms with Crippen LogP contribution in [0.3, 0.4) is 0 Å². The molecule has 2 aromatic carbocycles. The third-order valence-corrected chi connectivity index (χ3v) is 4.65. The average molecular weight is 402 g/mol. The van der Waals surface area contributed by atoms with Crippen molar-refractivity contribution in [1.29, 1.82) is 0 Å². The van der Waals surface area contributed by atoms with Crippen LogP contribution in [0.5, 0.6) is 23.0 Å². The van der Waals surface area contributed by atoms with Gasteiger partial charge in [0.1, 0.15) is 5.75 Å². The first-order valence-corrected chi connectivity index (χ1v) is 9.52. The first kappa shape index (κ1) is 22.4. The van der Waals surface area contributed by atoms with Gasteiger partial charge >= 0.3 is 0 Å². The predicted octanol–water partition coefficient (Wildman–Crippen LogP) is 4.27. The summed E-state index contributed by atoms with van der Waals surface area (Å²) in [5, 5.41) is 2.93. The monoisotopic (exact) mass is 401 g/mol. The highest BCUT2D eigenvalue weighted by atomic mass is 16.5. The SMILES string of the molecule is COc1cc(C(C)NC(=O)COc2ccc(C(C)(C)C)cc2)cc(OC)c1OC. The lowest BCUT2D eigenvalue weighted by molar-refractivity contribution is -0.123. The van der Waals surface area contributed by atoms with E-state index in [0.29, 0.717) is 23.0 Å². The van der Waals surface area contributed by atoms with Crippen molar-refractivity contribution in [3.63, 3.8) is 0 Å². The second-order valence-electron chi connectivity index (χ2n) is 7.81. The zero-order valence-electron chi connectivity index (χ0n) is 18.3. The second-order valence-corrected chi connectivity index (χ2v) is 7.81. The van der Waals surface area contributed by atoms with Gasteiger partial charge in [0, 0.05) is 0 Å². The highest BCUT2D eigenvalue weighted by molar-refractivity contribution is 5.78. The number of methoxy groups -OCH3 is 3. The van der Waals surface area contributed by atoms with Gasteiger partial charge in [0.15, 0.2) is 18.1 Å². The van der Waals surface area contributed by atoms with Gasteiger partial charge in [-0.15, -0.1) is 0 Å². The molecule has 0 bridgehead atoms. The van der Waals surface area contributed by atoms with Crippen LogP contribution < -0.4 is 24.3 Å². The summed E-state index contributed by atoms with van der Waals surface area (Å²) in [4.78, 5) is 12.3. The van der Waals surface area contributed by atoms with Crippen molar-refractivity contribution in [3.8, 4) is 23.0 Å². The maximum Gasteiger partial charge on any atom is 0.258 e. The van der Waals surface area contributed by atoms with E-state index in [-0.39, 0.29) is 24.0 Å². The number of carbonyl (C=O) groups is 1. The molecule has 0 aliphatic carbocycles. The molecule has 2 aromatic rings. The van der Waals surface area contributed by atoms with Gasteiger partial charge in [0.05, 0.1) is 27.4 Å². The van der Waals surface area contributed by atoms with E-state index >= 15 is 0 Å². The largest absolute Gasteiger partial charge is 0.493 e. The van der Waals surface area contributed by atoms with Crippen LogP contribution in [0, 0.1) is 0 Å². The molecule has 1 unspecified atom stereocenters. The van der Waals surface area contributed by atoms with E-state index in [4.69, 9.17) is 18.9 Å². The number of hydrogen-bond acceptors (Lipinski definition) is 5. The Balaban J connectivity index is 2.00. The standard InChI is InChI=1S/C23H31NO5/c1-15(16-12-19(26-5)22(28-7)20(13-16)27-6)24-21(25)14-29-18-10-8-17(9-11-18)23(2,3)4/h8-13,15H,14H2,1-7H3,(H,24,25). The fraction of sp³-hybridized carbons (Fsp3) is 0.435. The molecule has 0 radical (unpaired) electrons. The molecule has 0 aromatic heterocycles. The van der Waals surface area contributed by atoms with E-state index in [1.165, 1.54) is 5.56 Å². The molecule has 1 atom stereocenters. The molecule has 0 spiro atoms. The first-order valence-electron chi connectivity index (χ1n) is 9.52. The molecule has 158 valence electrons. The van der Waals surface area contributed by atoms with Gasteiger partial charge in [0.25, 0.3) is 5.91 Å². The molecule has 0 heterocycles. The topological polar surface area (TPSA) is 66.0 Å². The maximum absolute atomic E-state index is 12.3. The van der Waals surface area contributed by atoms with Gasteiger partial charge in [-0.1, -0.05) is 32.9 Å². The smallest absolute Gasteiger partial charge is 0.258 e. The van der Waals surface area contributed by atoms with Gasteiger partial charge in [0.2, 0.25) is 5.75 Å². The third kappa shape index (κ3) is 5.79. The molecule has 6 nitrogen and oxygen atoms in total. The van der Waals surface area contributed by atoms with E-state index in [1.807, 2.05) is 43.3 Å². The van der Waals surface area contributed by atoms with Crippen molar-refractivity contribution in [2.45, 2.75) is 39.2 Å². The summed E-state index contributed by atoms with van der Waals surface area (Å²) in [6.07, 6.45) is 0. The van der Waals surface area contributed by atoms with Crippen molar-refractivity contribution < 1.29 is 23.7 Å². The minimum Gasteiger partial charge on any atom is -0.493 e.